The molecule has 1 aliphatic carbocycles. The lowest BCUT2D eigenvalue weighted by atomic mass is 9.87. The van der Waals surface area contributed by atoms with Crippen LogP contribution in [0.5, 0.6) is 0 Å². The largest absolute Gasteiger partial charge is 0.409 e. The second-order valence-corrected chi connectivity index (χ2v) is 9.96. The molecule has 2 aromatic carbocycles. The molecule has 4 aromatic rings. The van der Waals surface area contributed by atoms with Crippen LogP contribution in [0.25, 0.3) is 22.4 Å². The van der Waals surface area contributed by atoms with Crippen LogP contribution in [0.15, 0.2) is 69.0 Å². The maximum Gasteiger partial charge on any atom is 0.277 e. The maximum absolute atomic E-state index is 13.1. The Morgan fingerprint density at radius 2 is 1.74 bits per heavy atom. The number of benzene rings is 2. The number of hydrogen-bond acceptors (Lipinski definition) is 7. The van der Waals surface area contributed by atoms with Crippen LogP contribution < -0.4 is 10.9 Å². The lowest BCUT2D eigenvalue weighted by molar-refractivity contribution is -0.119. The molecule has 0 aliphatic heterocycles. The van der Waals surface area contributed by atoms with Crippen molar-refractivity contribution in [3.8, 4) is 11.6 Å². The SMILES string of the molecule is CC1CCC(NC(=O)CSc2nnc(-c3nn(Cc4ccccc4)c(=O)c4ccccc34)o2)CC1. The molecule has 0 atom stereocenters. The molecule has 8 nitrogen and oxygen atoms in total. The molecule has 2 heterocycles. The fourth-order valence-corrected chi connectivity index (χ4v) is 5.00. The van der Waals surface area contributed by atoms with Gasteiger partial charge >= 0.3 is 0 Å². The van der Waals surface area contributed by atoms with Crippen molar-refractivity contribution < 1.29 is 9.21 Å². The Kier molecular flexibility index (Phi) is 6.94. The highest BCUT2D eigenvalue weighted by molar-refractivity contribution is 7.99. The number of carbonyl (C=O) groups is 1. The zero-order chi connectivity index (χ0) is 24.2. The van der Waals surface area contributed by atoms with Crippen LogP contribution in [0.4, 0.5) is 0 Å². The number of nitrogens with zero attached hydrogens (tertiary/aromatic N) is 4. The van der Waals surface area contributed by atoms with Gasteiger partial charge in [0, 0.05) is 11.4 Å². The maximum atomic E-state index is 13.1. The first kappa shape index (κ1) is 23.3. The summed E-state index contributed by atoms with van der Waals surface area (Å²) >= 11 is 1.20. The van der Waals surface area contributed by atoms with E-state index in [9.17, 15) is 9.59 Å². The van der Waals surface area contributed by atoms with Gasteiger partial charge in [-0.05, 0) is 43.2 Å². The van der Waals surface area contributed by atoms with Gasteiger partial charge in [0.1, 0.15) is 0 Å². The minimum Gasteiger partial charge on any atom is -0.409 e. The summed E-state index contributed by atoms with van der Waals surface area (Å²) in [5.74, 6) is 1.12. The summed E-state index contributed by atoms with van der Waals surface area (Å²) in [5.41, 5.74) is 1.22. The van der Waals surface area contributed by atoms with Crippen LogP contribution >= 0.6 is 11.8 Å². The molecule has 1 saturated carbocycles. The van der Waals surface area contributed by atoms with Crippen LogP contribution in [-0.2, 0) is 11.3 Å². The molecule has 1 N–H and O–H groups in total. The third kappa shape index (κ3) is 5.45. The number of fused-ring (bicyclic) bond motifs is 1. The number of carbonyl (C=O) groups excluding carboxylic acids is 1. The van der Waals surface area contributed by atoms with Crippen molar-refractivity contribution in [1.29, 1.82) is 0 Å². The molecule has 0 bridgehead atoms. The molecular formula is C26H27N5O3S. The van der Waals surface area contributed by atoms with Gasteiger partial charge in [-0.3, -0.25) is 9.59 Å². The first-order chi connectivity index (χ1) is 17.1. The Balaban J connectivity index is 1.34. The number of thioether (sulfide) groups is 1. The van der Waals surface area contributed by atoms with Gasteiger partial charge in [0.15, 0.2) is 5.69 Å². The van der Waals surface area contributed by atoms with E-state index in [1.165, 1.54) is 16.4 Å². The van der Waals surface area contributed by atoms with E-state index in [1.807, 2.05) is 48.5 Å². The standard InChI is InChI=1S/C26H27N5O3S/c1-17-11-13-19(14-12-17)27-22(32)16-35-26-29-28-24(34-26)23-20-9-5-6-10-21(20)25(33)31(30-23)15-18-7-3-2-4-8-18/h2-10,17,19H,11-16H2,1H3,(H,27,32). The van der Waals surface area contributed by atoms with E-state index in [2.05, 4.69) is 27.5 Å². The summed E-state index contributed by atoms with van der Waals surface area (Å²) in [6, 6.07) is 17.2. The number of amides is 1. The van der Waals surface area contributed by atoms with E-state index < -0.39 is 0 Å². The van der Waals surface area contributed by atoms with Crippen LogP contribution in [-0.4, -0.2) is 37.7 Å². The number of aromatic nitrogens is 4. The quantitative estimate of drug-likeness (QED) is 0.387. The molecule has 180 valence electrons. The van der Waals surface area contributed by atoms with Crippen molar-refractivity contribution in [3.63, 3.8) is 0 Å². The fourth-order valence-electron chi connectivity index (χ4n) is 4.42. The van der Waals surface area contributed by atoms with Gasteiger partial charge in [-0.1, -0.05) is 67.2 Å². The topological polar surface area (TPSA) is 103 Å². The summed E-state index contributed by atoms with van der Waals surface area (Å²) in [5, 5.41) is 17.4. The van der Waals surface area contributed by atoms with Gasteiger partial charge in [0.25, 0.3) is 16.7 Å². The minimum absolute atomic E-state index is 0.0331. The third-order valence-electron chi connectivity index (χ3n) is 6.36. The highest BCUT2D eigenvalue weighted by atomic mass is 32.2. The van der Waals surface area contributed by atoms with Crippen molar-refractivity contribution in [2.45, 2.75) is 50.4 Å². The molecule has 1 fully saturated rings. The van der Waals surface area contributed by atoms with Gasteiger partial charge in [-0.2, -0.15) is 5.10 Å². The monoisotopic (exact) mass is 489 g/mol. The zero-order valence-corrected chi connectivity index (χ0v) is 20.3. The van der Waals surface area contributed by atoms with Gasteiger partial charge in [0.05, 0.1) is 17.7 Å². The fraction of sp³-hybridized carbons (Fsp3) is 0.346. The average Bonchev–Trinajstić information content (AvgIpc) is 3.35. The Morgan fingerprint density at radius 3 is 2.51 bits per heavy atom. The lowest BCUT2D eigenvalue weighted by Gasteiger charge is -2.26. The van der Waals surface area contributed by atoms with E-state index in [4.69, 9.17) is 4.42 Å². The molecule has 35 heavy (non-hydrogen) atoms. The van der Waals surface area contributed by atoms with Crippen molar-refractivity contribution >= 4 is 28.4 Å². The first-order valence-corrected chi connectivity index (χ1v) is 12.8. The van der Waals surface area contributed by atoms with Crippen molar-refractivity contribution in [3.05, 3.63) is 70.5 Å². The van der Waals surface area contributed by atoms with Crippen LogP contribution in [0, 0.1) is 5.92 Å². The molecule has 0 spiro atoms. The highest BCUT2D eigenvalue weighted by Crippen LogP contribution is 2.27. The van der Waals surface area contributed by atoms with E-state index in [1.54, 1.807) is 6.07 Å². The van der Waals surface area contributed by atoms with E-state index >= 15 is 0 Å². The smallest absolute Gasteiger partial charge is 0.277 e. The summed E-state index contributed by atoms with van der Waals surface area (Å²) < 4.78 is 7.28. The van der Waals surface area contributed by atoms with Crippen molar-refractivity contribution in [2.24, 2.45) is 5.92 Å². The molecule has 2 aromatic heterocycles. The summed E-state index contributed by atoms with van der Waals surface area (Å²) in [6.45, 7) is 2.58. The van der Waals surface area contributed by atoms with Gasteiger partial charge < -0.3 is 9.73 Å². The summed E-state index contributed by atoms with van der Waals surface area (Å²) in [6.07, 6.45) is 4.36. The Bertz CT molecular complexity index is 1380. The molecule has 1 aliphatic rings. The normalized spacial score (nSPS) is 18.0. The molecule has 1 amide bonds. The summed E-state index contributed by atoms with van der Waals surface area (Å²) in [7, 11) is 0. The molecular weight excluding hydrogens is 462 g/mol. The zero-order valence-electron chi connectivity index (χ0n) is 19.5. The lowest BCUT2D eigenvalue weighted by Crippen LogP contribution is -2.38. The van der Waals surface area contributed by atoms with E-state index in [-0.39, 0.29) is 29.2 Å². The van der Waals surface area contributed by atoms with Crippen LogP contribution in [0.3, 0.4) is 0 Å². The third-order valence-corrected chi connectivity index (χ3v) is 7.18. The Hall–Kier alpha value is -3.46. The molecule has 0 saturated heterocycles. The van der Waals surface area contributed by atoms with E-state index in [0.29, 0.717) is 28.2 Å². The number of hydrogen-bond donors (Lipinski definition) is 1. The van der Waals surface area contributed by atoms with Gasteiger partial charge in [0.2, 0.25) is 5.91 Å². The molecule has 0 radical (unpaired) electrons. The first-order valence-electron chi connectivity index (χ1n) is 11.9. The number of nitrogens with one attached hydrogen (secondary N) is 1. The second kappa shape index (κ2) is 10.4. The number of rotatable bonds is 7. The molecule has 9 heteroatoms. The second-order valence-electron chi connectivity index (χ2n) is 9.03. The molecule has 0 unspecified atom stereocenters. The predicted molar refractivity (Wildman–Crippen MR) is 135 cm³/mol. The van der Waals surface area contributed by atoms with Crippen molar-refractivity contribution in [2.75, 3.05) is 5.75 Å². The van der Waals surface area contributed by atoms with Gasteiger partial charge in [-0.25, -0.2) is 4.68 Å². The highest BCUT2D eigenvalue weighted by Gasteiger charge is 2.21. The average molecular weight is 490 g/mol. The van der Waals surface area contributed by atoms with E-state index in [0.717, 1.165) is 37.2 Å². The van der Waals surface area contributed by atoms with Gasteiger partial charge in [-0.15, -0.1) is 10.2 Å². The Labute approximate surface area is 207 Å². The van der Waals surface area contributed by atoms with Crippen molar-refractivity contribution in [1.82, 2.24) is 25.3 Å². The van der Waals surface area contributed by atoms with Crippen LogP contribution in [0.1, 0.15) is 38.2 Å². The van der Waals surface area contributed by atoms with Crippen LogP contribution in [0.2, 0.25) is 0 Å². The summed E-state index contributed by atoms with van der Waals surface area (Å²) in [4.78, 5) is 25.5. The minimum atomic E-state index is -0.184. The predicted octanol–water partition coefficient (Wildman–Crippen LogP) is 4.28. The Morgan fingerprint density at radius 1 is 1.03 bits per heavy atom. The molecule has 5 rings (SSSR count).